The largest absolute Gasteiger partial charge is 0.481 e. The fourth-order valence-corrected chi connectivity index (χ4v) is 3.67. The summed E-state index contributed by atoms with van der Waals surface area (Å²) in [4.78, 5) is 39.6. The molecule has 3 rings (SSSR count). The number of likely N-dealkylation sites (tertiary alicyclic amines) is 1. The van der Waals surface area contributed by atoms with E-state index in [9.17, 15) is 14.4 Å². The van der Waals surface area contributed by atoms with E-state index in [-0.39, 0.29) is 24.2 Å². The van der Waals surface area contributed by atoms with Gasteiger partial charge >= 0.3 is 5.97 Å². The Hall–Kier alpha value is -2.21. The standard InChI is InChI=1S/C18H22N2O4/c1-11-3-4-14(12(2)9-11)20-16(21)10-15(17(20)22)19-7-5-13(6-8-19)18(23)24/h3-4,9,13,15H,5-8,10H2,1-2H3,(H,23,24)/t15-/m1/s1. The lowest BCUT2D eigenvalue weighted by molar-refractivity contribution is -0.143. The summed E-state index contributed by atoms with van der Waals surface area (Å²) in [7, 11) is 0. The van der Waals surface area contributed by atoms with Crippen molar-refractivity contribution in [1.82, 2.24) is 4.90 Å². The molecular formula is C18H22N2O4. The minimum absolute atomic E-state index is 0.171. The van der Waals surface area contributed by atoms with Crippen LogP contribution in [0.4, 0.5) is 5.69 Å². The number of benzene rings is 1. The Kier molecular flexibility index (Phi) is 4.41. The Bertz CT molecular complexity index is 692. The van der Waals surface area contributed by atoms with Gasteiger partial charge in [0.15, 0.2) is 0 Å². The van der Waals surface area contributed by atoms with Crippen molar-refractivity contribution in [3.05, 3.63) is 29.3 Å². The van der Waals surface area contributed by atoms with Crippen molar-refractivity contribution in [1.29, 1.82) is 0 Å². The topological polar surface area (TPSA) is 77.9 Å². The molecule has 6 nitrogen and oxygen atoms in total. The van der Waals surface area contributed by atoms with Crippen molar-refractivity contribution in [3.63, 3.8) is 0 Å². The molecule has 128 valence electrons. The second-order valence-electron chi connectivity index (χ2n) is 6.73. The fraction of sp³-hybridized carbons (Fsp3) is 0.500. The monoisotopic (exact) mass is 330 g/mol. The summed E-state index contributed by atoms with van der Waals surface area (Å²) in [6.07, 6.45) is 1.22. The van der Waals surface area contributed by atoms with Gasteiger partial charge < -0.3 is 5.11 Å². The average Bonchev–Trinajstić information content (AvgIpc) is 2.83. The first kappa shape index (κ1) is 16.6. The lowest BCUT2D eigenvalue weighted by atomic mass is 9.95. The number of hydrogen-bond acceptors (Lipinski definition) is 4. The number of hydrogen-bond donors (Lipinski definition) is 1. The zero-order chi connectivity index (χ0) is 17.4. The summed E-state index contributed by atoms with van der Waals surface area (Å²) < 4.78 is 0. The van der Waals surface area contributed by atoms with E-state index in [0.717, 1.165) is 11.1 Å². The minimum atomic E-state index is -0.777. The van der Waals surface area contributed by atoms with Gasteiger partial charge in [-0.1, -0.05) is 17.7 Å². The summed E-state index contributed by atoms with van der Waals surface area (Å²) in [5.74, 6) is -1.50. The quantitative estimate of drug-likeness (QED) is 0.854. The molecule has 0 unspecified atom stereocenters. The van der Waals surface area contributed by atoms with Crippen molar-refractivity contribution in [3.8, 4) is 0 Å². The van der Waals surface area contributed by atoms with Crippen molar-refractivity contribution < 1.29 is 19.5 Å². The van der Waals surface area contributed by atoms with Crippen molar-refractivity contribution in [2.24, 2.45) is 5.92 Å². The molecule has 6 heteroatoms. The molecule has 2 amide bonds. The minimum Gasteiger partial charge on any atom is -0.481 e. The molecule has 1 aromatic rings. The zero-order valence-electron chi connectivity index (χ0n) is 14.0. The summed E-state index contributed by atoms with van der Waals surface area (Å²) in [6, 6.07) is 5.21. The third kappa shape index (κ3) is 2.94. The number of nitrogens with zero attached hydrogens (tertiary/aromatic N) is 2. The molecule has 2 heterocycles. The number of carbonyl (C=O) groups is 3. The first-order valence-electron chi connectivity index (χ1n) is 8.29. The highest BCUT2D eigenvalue weighted by Crippen LogP contribution is 2.30. The maximum atomic E-state index is 12.8. The van der Waals surface area contributed by atoms with E-state index in [0.29, 0.717) is 31.6 Å². The van der Waals surface area contributed by atoms with Gasteiger partial charge in [0.1, 0.15) is 0 Å². The molecule has 1 aromatic carbocycles. The van der Waals surface area contributed by atoms with Crippen LogP contribution in [-0.4, -0.2) is 46.9 Å². The first-order valence-corrected chi connectivity index (χ1v) is 8.29. The molecule has 1 N–H and O–H groups in total. The number of carboxylic acid groups (broad SMARTS) is 1. The molecule has 2 aliphatic heterocycles. The number of rotatable bonds is 3. The van der Waals surface area contributed by atoms with Gasteiger partial charge in [-0.25, -0.2) is 4.90 Å². The van der Waals surface area contributed by atoms with Crippen LogP contribution in [0.15, 0.2) is 18.2 Å². The Morgan fingerprint density at radius 2 is 1.83 bits per heavy atom. The second-order valence-corrected chi connectivity index (χ2v) is 6.73. The molecule has 0 radical (unpaired) electrons. The predicted molar refractivity (Wildman–Crippen MR) is 88.7 cm³/mol. The van der Waals surface area contributed by atoms with Crippen LogP contribution >= 0.6 is 0 Å². The molecule has 0 bridgehead atoms. The molecule has 0 aliphatic carbocycles. The van der Waals surface area contributed by atoms with Gasteiger partial charge in [0.05, 0.1) is 24.1 Å². The lowest BCUT2D eigenvalue weighted by Crippen LogP contribution is -2.46. The average molecular weight is 330 g/mol. The molecule has 2 fully saturated rings. The van der Waals surface area contributed by atoms with E-state index >= 15 is 0 Å². The van der Waals surface area contributed by atoms with Gasteiger partial charge in [0.25, 0.3) is 5.91 Å². The van der Waals surface area contributed by atoms with Crippen LogP contribution in [0.5, 0.6) is 0 Å². The molecular weight excluding hydrogens is 308 g/mol. The molecule has 0 aromatic heterocycles. The van der Waals surface area contributed by atoms with Crippen LogP contribution in [0.1, 0.15) is 30.4 Å². The van der Waals surface area contributed by atoms with Gasteiger partial charge in [-0.05, 0) is 51.4 Å². The molecule has 2 saturated heterocycles. The van der Waals surface area contributed by atoms with Crippen molar-refractivity contribution in [2.45, 2.75) is 39.2 Å². The Balaban J connectivity index is 1.76. The molecule has 2 aliphatic rings. The molecule has 0 spiro atoms. The van der Waals surface area contributed by atoms with E-state index in [1.165, 1.54) is 4.90 Å². The fourth-order valence-electron chi connectivity index (χ4n) is 3.67. The third-order valence-electron chi connectivity index (χ3n) is 5.04. The number of imide groups is 1. The Labute approximate surface area is 141 Å². The summed E-state index contributed by atoms with van der Waals surface area (Å²) in [5.41, 5.74) is 2.64. The number of carbonyl (C=O) groups excluding carboxylic acids is 2. The van der Waals surface area contributed by atoms with Gasteiger partial charge in [0, 0.05) is 0 Å². The van der Waals surface area contributed by atoms with Crippen LogP contribution < -0.4 is 4.90 Å². The predicted octanol–water partition coefficient (Wildman–Crippen LogP) is 1.73. The van der Waals surface area contributed by atoms with E-state index in [1.807, 2.05) is 36.9 Å². The summed E-state index contributed by atoms with van der Waals surface area (Å²) >= 11 is 0. The van der Waals surface area contributed by atoms with Gasteiger partial charge in [0.2, 0.25) is 5.91 Å². The highest BCUT2D eigenvalue weighted by atomic mass is 16.4. The van der Waals surface area contributed by atoms with E-state index < -0.39 is 12.0 Å². The Morgan fingerprint density at radius 1 is 1.17 bits per heavy atom. The number of piperidine rings is 1. The molecule has 0 saturated carbocycles. The zero-order valence-corrected chi connectivity index (χ0v) is 14.0. The van der Waals surface area contributed by atoms with Gasteiger partial charge in [-0.15, -0.1) is 0 Å². The Morgan fingerprint density at radius 3 is 2.42 bits per heavy atom. The van der Waals surface area contributed by atoms with Crippen LogP contribution in [0.3, 0.4) is 0 Å². The van der Waals surface area contributed by atoms with Crippen LogP contribution in [0.25, 0.3) is 0 Å². The lowest BCUT2D eigenvalue weighted by Gasteiger charge is -2.33. The highest BCUT2D eigenvalue weighted by molar-refractivity contribution is 6.22. The maximum Gasteiger partial charge on any atom is 0.306 e. The number of carboxylic acids is 1. The molecule has 1 atom stereocenters. The van der Waals surface area contributed by atoms with E-state index in [4.69, 9.17) is 5.11 Å². The van der Waals surface area contributed by atoms with Gasteiger partial charge in [-0.2, -0.15) is 0 Å². The van der Waals surface area contributed by atoms with Crippen LogP contribution in [0, 0.1) is 19.8 Å². The van der Waals surface area contributed by atoms with E-state index in [1.54, 1.807) is 0 Å². The SMILES string of the molecule is Cc1ccc(N2C(=O)C[C@@H](N3CCC(C(=O)O)CC3)C2=O)c(C)c1. The van der Waals surface area contributed by atoms with Crippen molar-refractivity contribution >= 4 is 23.5 Å². The number of aryl methyl sites for hydroxylation is 2. The van der Waals surface area contributed by atoms with E-state index in [2.05, 4.69) is 0 Å². The summed E-state index contributed by atoms with van der Waals surface area (Å²) in [6.45, 7) is 4.96. The third-order valence-corrected chi connectivity index (χ3v) is 5.04. The highest BCUT2D eigenvalue weighted by Gasteiger charge is 2.44. The number of anilines is 1. The number of amides is 2. The maximum absolute atomic E-state index is 12.8. The second kappa shape index (κ2) is 6.36. The van der Waals surface area contributed by atoms with Crippen LogP contribution in [-0.2, 0) is 14.4 Å². The van der Waals surface area contributed by atoms with Gasteiger partial charge in [-0.3, -0.25) is 19.3 Å². The smallest absolute Gasteiger partial charge is 0.306 e. The normalized spacial score (nSPS) is 23.1. The van der Waals surface area contributed by atoms with Crippen LogP contribution in [0.2, 0.25) is 0 Å². The first-order chi connectivity index (χ1) is 11.4. The number of aliphatic carboxylic acids is 1. The molecule has 24 heavy (non-hydrogen) atoms. The van der Waals surface area contributed by atoms with Crippen molar-refractivity contribution in [2.75, 3.05) is 18.0 Å². The summed E-state index contributed by atoms with van der Waals surface area (Å²) in [5, 5.41) is 9.08.